The predicted octanol–water partition coefficient (Wildman–Crippen LogP) is 4.26. The predicted molar refractivity (Wildman–Crippen MR) is 50.9 cm³/mol. The van der Waals surface area contributed by atoms with E-state index >= 15 is 0 Å². The molecule has 1 aromatic carbocycles. The molecule has 0 saturated carbocycles. The summed E-state index contributed by atoms with van der Waals surface area (Å²) in [4.78, 5) is 0. The average Bonchev–Trinajstić information content (AvgIpc) is 1.97. The summed E-state index contributed by atoms with van der Waals surface area (Å²) in [6.07, 6.45) is 0. The number of halogens is 3. The molecular formula is C8H7Cl3. The third-order valence-corrected chi connectivity index (χ3v) is 3.02. The number of hydrogen-bond donors (Lipinski definition) is 0. The Kier molecular flexibility index (Phi) is 2.69. The van der Waals surface area contributed by atoms with Gasteiger partial charge >= 0.3 is 0 Å². The quantitative estimate of drug-likeness (QED) is 0.560. The van der Waals surface area contributed by atoms with Crippen molar-refractivity contribution in [3.63, 3.8) is 0 Å². The van der Waals surface area contributed by atoms with Crippen molar-refractivity contribution in [3.05, 3.63) is 32.3 Å². The van der Waals surface area contributed by atoms with Crippen molar-refractivity contribution in [3.8, 4) is 0 Å². The minimum Gasteiger partial charge on any atom is -0.0837 e. The SMILES string of the molecule is Cc1cc(Cl)c(Cl)c(C)c1Cl. The van der Waals surface area contributed by atoms with E-state index in [0.717, 1.165) is 11.1 Å². The van der Waals surface area contributed by atoms with Gasteiger partial charge in [-0.15, -0.1) is 0 Å². The van der Waals surface area contributed by atoms with E-state index in [9.17, 15) is 0 Å². The van der Waals surface area contributed by atoms with Gasteiger partial charge in [0.25, 0.3) is 0 Å². The molecule has 0 saturated heterocycles. The van der Waals surface area contributed by atoms with Gasteiger partial charge in [-0.2, -0.15) is 0 Å². The Morgan fingerprint density at radius 3 is 2.09 bits per heavy atom. The molecule has 0 atom stereocenters. The Balaban J connectivity index is 3.46. The minimum absolute atomic E-state index is 0.544. The second kappa shape index (κ2) is 3.22. The first-order chi connectivity index (χ1) is 5.04. The molecule has 0 spiro atoms. The highest BCUT2D eigenvalue weighted by Crippen LogP contribution is 2.33. The van der Waals surface area contributed by atoms with Gasteiger partial charge in [-0.3, -0.25) is 0 Å². The van der Waals surface area contributed by atoms with Crippen molar-refractivity contribution >= 4 is 34.8 Å². The van der Waals surface area contributed by atoms with Crippen LogP contribution in [0.5, 0.6) is 0 Å². The van der Waals surface area contributed by atoms with Crippen molar-refractivity contribution in [1.82, 2.24) is 0 Å². The van der Waals surface area contributed by atoms with Gasteiger partial charge in [0.2, 0.25) is 0 Å². The van der Waals surface area contributed by atoms with E-state index in [-0.39, 0.29) is 0 Å². The molecule has 0 aliphatic rings. The molecule has 0 aliphatic heterocycles. The number of rotatable bonds is 0. The maximum atomic E-state index is 5.91. The molecule has 0 radical (unpaired) electrons. The van der Waals surface area contributed by atoms with Crippen LogP contribution in [0.1, 0.15) is 11.1 Å². The Labute approximate surface area is 81.1 Å². The van der Waals surface area contributed by atoms with Crippen LogP contribution in [0.3, 0.4) is 0 Å². The van der Waals surface area contributed by atoms with Crippen LogP contribution in [0.2, 0.25) is 15.1 Å². The first-order valence-electron chi connectivity index (χ1n) is 3.14. The van der Waals surface area contributed by atoms with Gasteiger partial charge in [-0.05, 0) is 31.0 Å². The summed E-state index contributed by atoms with van der Waals surface area (Å²) in [6.45, 7) is 3.75. The monoisotopic (exact) mass is 208 g/mol. The van der Waals surface area contributed by atoms with Crippen molar-refractivity contribution in [2.24, 2.45) is 0 Å². The van der Waals surface area contributed by atoms with E-state index in [1.54, 1.807) is 6.07 Å². The molecule has 1 aromatic rings. The molecule has 0 amide bonds. The van der Waals surface area contributed by atoms with Gasteiger partial charge < -0.3 is 0 Å². The summed E-state index contributed by atoms with van der Waals surface area (Å²) < 4.78 is 0. The van der Waals surface area contributed by atoms with Crippen molar-refractivity contribution in [2.45, 2.75) is 13.8 Å². The number of benzene rings is 1. The van der Waals surface area contributed by atoms with Crippen molar-refractivity contribution < 1.29 is 0 Å². The van der Waals surface area contributed by atoms with Gasteiger partial charge in [0.1, 0.15) is 0 Å². The molecule has 0 bridgehead atoms. The second-order valence-corrected chi connectivity index (χ2v) is 3.59. The van der Waals surface area contributed by atoms with Crippen LogP contribution in [0.15, 0.2) is 6.07 Å². The zero-order valence-electron chi connectivity index (χ0n) is 6.21. The zero-order chi connectivity index (χ0) is 8.59. The van der Waals surface area contributed by atoms with E-state index in [2.05, 4.69) is 0 Å². The van der Waals surface area contributed by atoms with E-state index < -0.39 is 0 Å². The molecule has 0 nitrogen and oxygen atoms in total. The zero-order valence-corrected chi connectivity index (χ0v) is 8.48. The van der Waals surface area contributed by atoms with Gasteiger partial charge in [-0.25, -0.2) is 0 Å². The molecule has 1 rings (SSSR count). The molecule has 0 aromatic heterocycles. The highest BCUT2D eigenvalue weighted by molar-refractivity contribution is 6.44. The van der Waals surface area contributed by atoms with Gasteiger partial charge in [0.05, 0.1) is 10.0 Å². The Morgan fingerprint density at radius 2 is 1.55 bits per heavy atom. The fourth-order valence-corrected chi connectivity index (χ4v) is 1.54. The first kappa shape index (κ1) is 9.18. The number of aryl methyl sites for hydroxylation is 1. The van der Waals surface area contributed by atoms with Crippen LogP contribution in [0.4, 0.5) is 0 Å². The lowest BCUT2D eigenvalue weighted by Gasteiger charge is -2.05. The molecule has 0 unspecified atom stereocenters. The average molecular weight is 210 g/mol. The molecule has 11 heavy (non-hydrogen) atoms. The number of hydrogen-bond acceptors (Lipinski definition) is 0. The molecule has 0 fully saturated rings. The van der Waals surface area contributed by atoms with Crippen LogP contribution in [-0.4, -0.2) is 0 Å². The molecule has 0 aliphatic carbocycles. The maximum absolute atomic E-state index is 5.91. The third-order valence-electron chi connectivity index (χ3n) is 1.56. The van der Waals surface area contributed by atoms with E-state index in [4.69, 9.17) is 34.8 Å². The second-order valence-electron chi connectivity index (χ2n) is 2.43. The summed E-state index contributed by atoms with van der Waals surface area (Å²) in [5.74, 6) is 0. The Hall–Kier alpha value is 0.0900. The summed E-state index contributed by atoms with van der Waals surface area (Å²) in [7, 11) is 0. The van der Waals surface area contributed by atoms with Crippen LogP contribution < -0.4 is 0 Å². The maximum Gasteiger partial charge on any atom is 0.0636 e. The Morgan fingerprint density at radius 1 is 1.00 bits per heavy atom. The minimum atomic E-state index is 0.544. The van der Waals surface area contributed by atoms with Crippen molar-refractivity contribution in [2.75, 3.05) is 0 Å². The molecule has 0 heterocycles. The lowest BCUT2D eigenvalue weighted by atomic mass is 10.1. The van der Waals surface area contributed by atoms with Crippen LogP contribution in [-0.2, 0) is 0 Å². The fourth-order valence-electron chi connectivity index (χ4n) is 0.888. The van der Waals surface area contributed by atoms with E-state index in [1.807, 2.05) is 13.8 Å². The lowest BCUT2D eigenvalue weighted by molar-refractivity contribution is 1.38. The van der Waals surface area contributed by atoms with Gasteiger partial charge in [0, 0.05) is 5.02 Å². The van der Waals surface area contributed by atoms with Gasteiger partial charge in [0.15, 0.2) is 0 Å². The summed E-state index contributed by atoms with van der Waals surface area (Å²) >= 11 is 17.6. The lowest BCUT2D eigenvalue weighted by Crippen LogP contribution is -1.83. The molecular weight excluding hydrogens is 202 g/mol. The fraction of sp³-hybridized carbons (Fsp3) is 0.250. The summed E-state index contributed by atoms with van der Waals surface area (Å²) in [5, 5.41) is 1.80. The standard InChI is InChI=1S/C8H7Cl3/c1-4-3-6(9)8(11)5(2)7(4)10/h3H,1-2H3. The largest absolute Gasteiger partial charge is 0.0837 e. The summed E-state index contributed by atoms with van der Waals surface area (Å²) in [6, 6.07) is 1.76. The topological polar surface area (TPSA) is 0 Å². The van der Waals surface area contributed by atoms with Crippen molar-refractivity contribution in [1.29, 1.82) is 0 Å². The molecule has 3 heteroatoms. The normalized spacial score (nSPS) is 10.3. The van der Waals surface area contributed by atoms with Crippen LogP contribution in [0, 0.1) is 13.8 Å². The van der Waals surface area contributed by atoms with E-state index in [1.165, 1.54) is 0 Å². The highest BCUT2D eigenvalue weighted by Gasteiger charge is 2.07. The summed E-state index contributed by atoms with van der Waals surface area (Å²) in [5.41, 5.74) is 1.80. The third kappa shape index (κ3) is 1.64. The Bertz CT molecular complexity index is 266. The van der Waals surface area contributed by atoms with Gasteiger partial charge in [-0.1, -0.05) is 34.8 Å². The van der Waals surface area contributed by atoms with Crippen LogP contribution >= 0.6 is 34.8 Å². The van der Waals surface area contributed by atoms with Crippen LogP contribution in [0.25, 0.3) is 0 Å². The first-order valence-corrected chi connectivity index (χ1v) is 4.28. The van der Waals surface area contributed by atoms with E-state index in [0.29, 0.717) is 15.1 Å². The molecule has 0 N–H and O–H groups in total. The smallest absolute Gasteiger partial charge is 0.0636 e. The molecule has 60 valence electrons. The highest BCUT2D eigenvalue weighted by atomic mass is 35.5.